The Morgan fingerprint density at radius 1 is 1.24 bits per heavy atom. The molecule has 2 aromatic rings. The van der Waals surface area contributed by atoms with Crippen molar-refractivity contribution >= 4 is 17.3 Å². The van der Waals surface area contributed by atoms with Crippen LogP contribution in [0.5, 0.6) is 0 Å². The molecule has 0 saturated heterocycles. The highest BCUT2D eigenvalue weighted by atomic mass is 32.2. The van der Waals surface area contributed by atoms with Gasteiger partial charge in [0.25, 0.3) is 0 Å². The van der Waals surface area contributed by atoms with Crippen LogP contribution < -0.4 is 0 Å². The smallest absolute Gasteiger partial charge is 0.347 e. The Hall–Kier alpha value is -1.66. The first-order valence-corrected chi connectivity index (χ1v) is 9.04. The maximum atomic E-state index is 12.8. The van der Waals surface area contributed by atoms with E-state index in [-0.39, 0.29) is 16.7 Å². The van der Waals surface area contributed by atoms with Gasteiger partial charge in [0.05, 0.1) is 0 Å². The Bertz CT molecular complexity index is 775. The fraction of sp³-hybridized carbons (Fsp3) is 0.368. The third-order valence-corrected chi connectivity index (χ3v) is 4.98. The SMILES string of the molecule is CN(C)CCC=C1c2cc(SC(F)(F)F)ccc2CCn2cccc21. The lowest BCUT2D eigenvalue weighted by atomic mass is 9.96. The summed E-state index contributed by atoms with van der Waals surface area (Å²) in [7, 11) is 4.03. The zero-order valence-corrected chi connectivity index (χ0v) is 15.1. The second kappa shape index (κ2) is 7.30. The van der Waals surface area contributed by atoms with Gasteiger partial charge in [-0.3, -0.25) is 0 Å². The number of rotatable bonds is 4. The van der Waals surface area contributed by atoms with E-state index in [1.165, 1.54) is 0 Å². The van der Waals surface area contributed by atoms with Crippen LogP contribution in [0.2, 0.25) is 0 Å². The Morgan fingerprint density at radius 3 is 2.76 bits per heavy atom. The van der Waals surface area contributed by atoms with Crippen molar-refractivity contribution < 1.29 is 13.2 Å². The zero-order valence-electron chi connectivity index (χ0n) is 14.3. The summed E-state index contributed by atoms with van der Waals surface area (Å²) in [4.78, 5) is 2.34. The Kier molecular flexibility index (Phi) is 5.29. The van der Waals surface area contributed by atoms with E-state index < -0.39 is 5.51 Å². The van der Waals surface area contributed by atoms with Crippen molar-refractivity contribution in [3.8, 4) is 0 Å². The minimum atomic E-state index is -4.27. The minimum absolute atomic E-state index is 0.0478. The van der Waals surface area contributed by atoms with Gasteiger partial charge in [0.2, 0.25) is 0 Å². The molecule has 0 fully saturated rings. The number of aryl methyl sites for hydroxylation is 2. The number of thioether (sulfide) groups is 1. The highest BCUT2D eigenvalue weighted by molar-refractivity contribution is 8.00. The van der Waals surface area contributed by atoms with Crippen LogP contribution >= 0.6 is 11.8 Å². The van der Waals surface area contributed by atoms with Crippen LogP contribution in [0.3, 0.4) is 0 Å². The van der Waals surface area contributed by atoms with Gasteiger partial charge in [0.1, 0.15) is 0 Å². The number of nitrogens with zero attached hydrogens (tertiary/aromatic N) is 2. The molecule has 0 spiro atoms. The number of hydrogen-bond donors (Lipinski definition) is 0. The van der Waals surface area contributed by atoms with Crippen molar-refractivity contribution in [1.82, 2.24) is 9.47 Å². The predicted molar refractivity (Wildman–Crippen MR) is 96.7 cm³/mol. The maximum Gasteiger partial charge on any atom is 0.446 e. The molecule has 0 aliphatic carbocycles. The van der Waals surface area contributed by atoms with Crippen LogP contribution in [0.15, 0.2) is 47.5 Å². The van der Waals surface area contributed by atoms with Gasteiger partial charge in [-0.15, -0.1) is 0 Å². The number of halogens is 3. The molecule has 134 valence electrons. The van der Waals surface area contributed by atoms with Gasteiger partial charge >= 0.3 is 5.51 Å². The molecule has 0 amide bonds. The maximum absolute atomic E-state index is 12.8. The average molecular weight is 366 g/mol. The topological polar surface area (TPSA) is 8.17 Å². The fourth-order valence-corrected chi connectivity index (χ4v) is 3.72. The number of alkyl halides is 3. The summed E-state index contributed by atoms with van der Waals surface area (Å²) < 4.78 is 40.5. The fourth-order valence-electron chi connectivity index (χ4n) is 3.14. The van der Waals surface area contributed by atoms with Gasteiger partial charge in [-0.05, 0) is 74.1 Å². The van der Waals surface area contributed by atoms with Gasteiger partial charge in [-0.1, -0.05) is 12.1 Å². The van der Waals surface area contributed by atoms with E-state index in [2.05, 4.69) is 15.5 Å². The van der Waals surface area contributed by atoms with Crippen LogP contribution in [-0.2, 0) is 13.0 Å². The molecule has 1 aliphatic heterocycles. The predicted octanol–water partition coefficient (Wildman–Crippen LogP) is 5.04. The van der Waals surface area contributed by atoms with Gasteiger partial charge in [0.15, 0.2) is 0 Å². The molecule has 0 atom stereocenters. The van der Waals surface area contributed by atoms with Crippen molar-refractivity contribution in [2.45, 2.75) is 29.8 Å². The normalized spacial score (nSPS) is 16.0. The monoisotopic (exact) mass is 366 g/mol. The first-order valence-electron chi connectivity index (χ1n) is 8.23. The zero-order chi connectivity index (χ0) is 18.0. The van der Waals surface area contributed by atoms with E-state index in [9.17, 15) is 13.2 Å². The summed E-state index contributed by atoms with van der Waals surface area (Å²) in [5, 5.41) is 0. The molecule has 0 N–H and O–H groups in total. The van der Waals surface area contributed by atoms with Crippen LogP contribution in [0, 0.1) is 0 Å². The quantitative estimate of drug-likeness (QED) is 0.701. The van der Waals surface area contributed by atoms with Gasteiger partial charge < -0.3 is 9.47 Å². The molecule has 0 bridgehead atoms. The molecule has 2 nitrogen and oxygen atoms in total. The summed E-state index contributed by atoms with van der Waals surface area (Å²) in [6.07, 6.45) is 5.85. The number of aromatic nitrogens is 1. The van der Waals surface area contributed by atoms with Crippen molar-refractivity contribution in [1.29, 1.82) is 0 Å². The number of fused-ring (bicyclic) bond motifs is 2. The Morgan fingerprint density at radius 2 is 2.04 bits per heavy atom. The summed E-state index contributed by atoms with van der Waals surface area (Å²) in [6, 6.07) is 9.15. The third kappa shape index (κ3) is 4.50. The van der Waals surface area contributed by atoms with Crippen LogP contribution in [0.25, 0.3) is 5.57 Å². The van der Waals surface area contributed by atoms with E-state index in [0.717, 1.165) is 48.3 Å². The third-order valence-electron chi connectivity index (χ3n) is 4.26. The van der Waals surface area contributed by atoms with Crippen LogP contribution in [0.1, 0.15) is 23.2 Å². The van der Waals surface area contributed by atoms with E-state index >= 15 is 0 Å². The number of hydrogen-bond acceptors (Lipinski definition) is 2. The minimum Gasteiger partial charge on any atom is -0.347 e. The average Bonchev–Trinajstić information content (AvgIpc) is 2.91. The first-order chi connectivity index (χ1) is 11.8. The molecule has 25 heavy (non-hydrogen) atoms. The molecule has 3 rings (SSSR count). The standard InChI is InChI=1S/C19H21F3N2S/c1-23(2)10-3-5-16-17-13-15(25-19(20,21)22)8-7-14(17)9-12-24-11-4-6-18(16)24/h4-8,11,13H,3,9-10,12H2,1-2H3. The largest absolute Gasteiger partial charge is 0.446 e. The lowest BCUT2D eigenvalue weighted by Crippen LogP contribution is -2.12. The highest BCUT2D eigenvalue weighted by Crippen LogP contribution is 2.40. The van der Waals surface area contributed by atoms with E-state index in [1.54, 1.807) is 12.1 Å². The van der Waals surface area contributed by atoms with E-state index in [4.69, 9.17) is 0 Å². The number of benzene rings is 1. The second-order valence-electron chi connectivity index (χ2n) is 6.41. The van der Waals surface area contributed by atoms with E-state index in [0.29, 0.717) is 0 Å². The van der Waals surface area contributed by atoms with Gasteiger partial charge in [0, 0.05) is 35.4 Å². The Labute approximate surface area is 150 Å². The van der Waals surface area contributed by atoms with Crippen molar-refractivity contribution in [3.63, 3.8) is 0 Å². The van der Waals surface area contributed by atoms with Gasteiger partial charge in [-0.25, -0.2) is 0 Å². The molecular weight excluding hydrogens is 345 g/mol. The summed E-state index contributed by atoms with van der Waals surface area (Å²) in [6.45, 7) is 1.74. The summed E-state index contributed by atoms with van der Waals surface area (Å²) in [5.74, 6) is 0. The second-order valence-corrected chi connectivity index (χ2v) is 7.55. The molecular formula is C19H21F3N2S. The van der Waals surface area contributed by atoms with Gasteiger partial charge in [-0.2, -0.15) is 13.2 Å². The van der Waals surface area contributed by atoms with E-state index in [1.807, 2.05) is 38.5 Å². The molecule has 1 aromatic heterocycles. The molecule has 6 heteroatoms. The molecule has 2 heterocycles. The van der Waals surface area contributed by atoms with Crippen molar-refractivity contribution in [3.05, 3.63) is 59.4 Å². The molecule has 1 aromatic carbocycles. The lowest BCUT2D eigenvalue weighted by Gasteiger charge is -2.14. The molecule has 0 unspecified atom stereocenters. The highest BCUT2D eigenvalue weighted by Gasteiger charge is 2.30. The van der Waals surface area contributed by atoms with Crippen LogP contribution in [-0.4, -0.2) is 35.6 Å². The molecule has 0 saturated carbocycles. The van der Waals surface area contributed by atoms with Crippen molar-refractivity contribution in [2.24, 2.45) is 0 Å². The summed E-state index contributed by atoms with van der Waals surface area (Å²) in [5.41, 5.74) is -0.138. The molecule has 1 aliphatic rings. The molecule has 0 radical (unpaired) electrons. The van der Waals surface area contributed by atoms with Crippen molar-refractivity contribution in [2.75, 3.05) is 20.6 Å². The first kappa shape index (κ1) is 18.1. The Balaban J connectivity index is 2.03. The summed E-state index contributed by atoms with van der Waals surface area (Å²) >= 11 is -0.0478. The van der Waals surface area contributed by atoms with Crippen LogP contribution in [0.4, 0.5) is 13.2 Å². The lowest BCUT2D eigenvalue weighted by molar-refractivity contribution is -0.0328.